The second kappa shape index (κ2) is 8.46. The molecule has 1 N–H and O–H groups in total. The van der Waals surface area contributed by atoms with Crippen LogP contribution in [-0.2, 0) is 11.3 Å². The highest BCUT2D eigenvalue weighted by Gasteiger charge is 2.15. The number of nitrogens with zero attached hydrogens (tertiary/aromatic N) is 1. The van der Waals surface area contributed by atoms with Gasteiger partial charge in [0.2, 0.25) is 0 Å². The molecule has 1 unspecified atom stereocenters. The van der Waals surface area contributed by atoms with Crippen LogP contribution in [0.5, 0.6) is 0 Å². The molecule has 0 fully saturated rings. The molecule has 4 heteroatoms. The van der Waals surface area contributed by atoms with Gasteiger partial charge in [-0.2, -0.15) is 0 Å². The van der Waals surface area contributed by atoms with Crippen LogP contribution in [0.25, 0.3) is 0 Å². The zero-order valence-electron chi connectivity index (χ0n) is 14.0. The van der Waals surface area contributed by atoms with Crippen LogP contribution >= 0.6 is 0 Å². The van der Waals surface area contributed by atoms with Crippen LogP contribution in [0.15, 0.2) is 54.6 Å². The zero-order chi connectivity index (χ0) is 16.7. The molecule has 2 rings (SSSR count). The van der Waals surface area contributed by atoms with Gasteiger partial charge < -0.3 is 15.0 Å². The molecule has 0 heterocycles. The lowest BCUT2D eigenvalue weighted by molar-refractivity contribution is 0.0942. The fraction of sp³-hybridized carbons (Fsp3) is 0.316. The average Bonchev–Trinajstić information content (AvgIpc) is 2.56. The van der Waals surface area contributed by atoms with Crippen LogP contribution in [0.4, 0.5) is 0 Å². The summed E-state index contributed by atoms with van der Waals surface area (Å²) >= 11 is 0. The number of carbonyl (C=O) groups excluding carboxylic acids is 1. The van der Waals surface area contributed by atoms with Crippen molar-refractivity contribution in [3.63, 3.8) is 0 Å². The number of ether oxygens (including phenoxy) is 1. The molecule has 0 radical (unpaired) electrons. The van der Waals surface area contributed by atoms with E-state index in [1.807, 2.05) is 56.6 Å². The van der Waals surface area contributed by atoms with Crippen LogP contribution in [0.3, 0.4) is 0 Å². The molecule has 0 spiro atoms. The van der Waals surface area contributed by atoms with E-state index in [-0.39, 0.29) is 11.9 Å². The van der Waals surface area contributed by atoms with E-state index in [0.717, 1.165) is 5.56 Å². The van der Waals surface area contributed by atoms with Crippen LogP contribution in [0.2, 0.25) is 0 Å². The summed E-state index contributed by atoms with van der Waals surface area (Å²) in [6.45, 7) is 1.12. The number of methoxy groups -OCH3 is 1. The van der Waals surface area contributed by atoms with Gasteiger partial charge in [0.05, 0.1) is 12.6 Å². The Balaban J connectivity index is 1.99. The summed E-state index contributed by atoms with van der Waals surface area (Å²) < 4.78 is 5.08. The second-order valence-corrected chi connectivity index (χ2v) is 5.73. The van der Waals surface area contributed by atoms with Gasteiger partial charge >= 0.3 is 0 Å². The predicted molar refractivity (Wildman–Crippen MR) is 92.4 cm³/mol. The number of hydrogen-bond acceptors (Lipinski definition) is 3. The van der Waals surface area contributed by atoms with Gasteiger partial charge in [-0.25, -0.2) is 0 Å². The Bertz CT molecular complexity index is 609. The molecule has 2 aromatic rings. The molecule has 1 amide bonds. The molecule has 0 aromatic heterocycles. The molecular weight excluding hydrogens is 288 g/mol. The Labute approximate surface area is 138 Å². The summed E-state index contributed by atoms with van der Waals surface area (Å²) in [6.07, 6.45) is 0. The summed E-state index contributed by atoms with van der Waals surface area (Å²) in [5, 5.41) is 3.02. The maximum absolute atomic E-state index is 12.3. The van der Waals surface area contributed by atoms with E-state index < -0.39 is 0 Å². The fourth-order valence-corrected chi connectivity index (χ4v) is 2.48. The first kappa shape index (κ1) is 17.2. The standard InChI is InChI=1S/C19H24N2O2/c1-21(2)18(16-7-5-4-6-8-16)13-20-19(22)17-11-9-15(10-12-17)14-23-3/h4-12,18H,13-14H2,1-3H3,(H,20,22). The third-order valence-electron chi connectivity index (χ3n) is 3.79. The van der Waals surface area contributed by atoms with Crippen LogP contribution < -0.4 is 5.32 Å². The monoisotopic (exact) mass is 312 g/mol. The Morgan fingerprint density at radius 3 is 2.30 bits per heavy atom. The van der Waals surface area contributed by atoms with E-state index in [9.17, 15) is 4.79 Å². The van der Waals surface area contributed by atoms with Crippen molar-refractivity contribution >= 4 is 5.91 Å². The summed E-state index contributed by atoms with van der Waals surface area (Å²) in [6, 6.07) is 17.8. The maximum atomic E-state index is 12.3. The van der Waals surface area contributed by atoms with Gasteiger partial charge in [-0.15, -0.1) is 0 Å². The molecule has 0 bridgehead atoms. The van der Waals surface area contributed by atoms with Gasteiger partial charge in [0.15, 0.2) is 0 Å². The Morgan fingerprint density at radius 1 is 1.09 bits per heavy atom. The van der Waals surface area contributed by atoms with E-state index in [1.54, 1.807) is 7.11 Å². The summed E-state index contributed by atoms with van der Waals surface area (Å²) in [7, 11) is 5.69. The van der Waals surface area contributed by atoms with Gasteiger partial charge in [0.1, 0.15) is 0 Å². The molecule has 1 atom stereocenters. The first-order valence-electron chi connectivity index (χ1n) is 7.69. The highest BCUT2D eigenvalue weighted by atomic mass is 16.5. The fourth-order valence-electron chi connectivity index (χ4n) is 2.48. The quantitative estimate of drug-likeness (QED) is 0.855. The lowest BCUT2D eigenvalue weighted by atomic mass is 10.1. The van der Waals surface area contributed by atoms with Gasteiger partial charge in [-0.1, -0.05) is 42.5 Å². The number of hydrogen-bond donors (Lipinski definition) is 1. The summed E-state index contributed by atoms with van der Waals surface area (Å²) in [4.78, 5) is 14.4. The third kappa shape index (κ3) is 4.91. The Morgan fingerprint density at radius 2 is 1.74 bits per heavy atom. The van der Waals surface area contributed by atoms with Crippen molar-refractivity contribution in [2.45, 2.75) is 12.6 Å². The maximum Gasteiger partial charge on any atom is 0.251 e. The van der Waals surface area contributed by atoms with E-state index in [2.05, 4.69) is 22.3 Å². The van der Waals surface area contributed by atoms with Crippen molar-refractivity contribution in [3.8, 4) is 0 Å². The van der Waals surface area contributed by atoms with E-state index in [4.69, 9.17) is 4.74 Å². The molecule has 23 heavy (non-hydrogen) atoms. The lowest BCUT2D eigenvalue weighted by Gasteiger charge is -2.25. The Hall–Kier alpha value is -2.17. The largest absolute Gasteiger partial charge is 0.380 e. The Kier molecular flexibility index (Phi) is 6.32. The summed E-state index contributed by atoms with van der Waals surface area (Å²) in [5.74, 6) is -0.0586. The van der Waals surface area contributed by atoms with Gasteiger partial charge in [-0.05, 0) is 37.4 Å². The molecule has 4 nitrogen and oxygen atoms in total. The van der Waals surface area contributed by atoms with Crippen LogP contribution in [0, 0.1) is 0 Å². The first-order valence-corrected chi connectivity index (χ1v) is 7.69. The minimum atomic E-state index is -0.0586. The highest BCUT2D eigenvalue weighted by molar-refractivity contribution is 5.94. The number of benzene rings is 2. The second-order valence-electron chi connectivity index (χ2n) is 5.73. The first-order chi connectivity index (χ1) is 11.1. The number of likely N-dealkylation sites (N-methyl/N-ethyl adjacent to an activating group) is 1. The normalized spacial score (nSPS) is 12.2. The molecule has 0 aliphatic heterocycles. The SMILES string of the molecule is COCc1ccc(C(=O)NCC(c2ccccc2)N(C)C)cc1. The molecule has 0 saturated carbocycles. The van der Waals surface area contributed by atoms with E-state index >= 15 is 0 Å². The average molecular weight is 312 g/mol. The minimum Gasteiger partial charge on any atom is -0.380 e. The topological polar surface area (TPSA) is 41.6 Å². The van der Waals surface area contributed by atoms with Crippen molar-refractivity contribution in [3.05, 3.63) is 71.3 Å². The zero-order valence-corrected chi connectivity index (χ0v) is 14.0. The van der Waals surface area contributed by atoms with Crippen molar-refractivity contribution in [2.75, 3.05) is 27.7 Å². The van der Waals surface area contributed by atoms with Gasteiger partial charge in [-0.3, -0.25) is 4.79 Å². The molecule has 0 aliphatic rings. The van der Waals surface area contributed by atoms with Crippen molar-refractivity contribution in [2.24, 2.45) is 0 Å². The van der Waals surface area contributed by atoms with E-state index in [1.165, 1.54) is 5.56 Å². The molecule has 0 aliphatic carbocycles. The van der Waals surface area contributed by atoms with Crippen LogP contribution in [-0.4, -0.2) is 38.6 Å². The number of nitrogens with one attached hydrogen (secondary N) is 1. The number of rotatable bonds is 7. The molecule has 2 aromatic carbocycles. The van der Waals surface area contributed by atoms with Gasteiger partial charge in [0, 0.05) is 19.2 Å². The van der Waals surface area contributed by atoms with Crippen molar-refractivity contribution in [1.82, 2.24) is 10.2 Å². The molecular formula is C19H24N2O2. The van der Waals surface area contributed by atoms with Crippen molar-refractivity contribution in [1.29, 1.82) is 0 Å². The van der Waals surface area contributed by atoms with Crippen LogP contribution in [0.1, 0.15) is 27.5 Å². The molecule has 0 saturated heterocycles. The highest BCUT2D eigenvalue weighted by Crippen LogP contribution is 2.17. The summed E-state index contributed by atoms with van der Waals surface area (Å²) in [5.41, 5.74) is 2.91. The lowest BCUT2D eigenvalue weighted by Crippen LogP contribution is -2.34. The molecule has 122 valence electrons. The number of carbonyl (C=O) groups is 1. The van der Waals surface area contributed by atoms with Gasteiger partial charge in [0.25, 0.3) is 5.91 Å². The number of amides is 1. The minimum absolute atomic E-state index is 0.0586. The smallest absolute Gasteiger partial charge is 0.251 e. The third-order valence-corrected chi connectivity index (χ3v) is 3.79. The van der Waals surface area contributed by atoms with E-state index in [0.29, 0.717) is 18.7 Å². The van der Waals surface area contributed by atoms with Crippen molar-refractivity contribution < 1.29 is 9.53 Å². The predicted octanol–water partition coefficient (Wildman–Crippen LogP) is 2.87.